The molecule has 2 N–H and O–H groups in total. The Hall–Kier alpha value is -1.36. The highest BCUT2D eigenvalue weighted by Gasteiger charge is 2.22. The second kappa shape index (κ2) is 6.70. The molecule has 0 spiro atoms. The monoisotopic (exact) mass is 268 g/mol. The van der Waals surface area contributed by atoms with Crippen molar-refractivity contribution in [1.82, 2.24) is 10.5 Å². The Labute approximate surface area is 114 Å². The Bertz CT molecular complexity index is 403. The highest BCUT2D eigenvalue weighted by molar-refractivity contribution is 5.76. The third-order valence-corrected chi connectivity index (χ3v) is 3.71. The quantitative estimate of drug-likeness (QED) is 0.792. The van der Waals surface area contributed by atoms with Crippen LogP contribution < -0.4 is 5.32 Å². The predicted octanol–water partition coefficient (Wildman–Crippen LogP) is 1.89. The highest BCUT2D eigenvalue weighted by Crippen LogP contribution is 2.15. The van der Waals surface area contributed by atoms with E-state index >= 15 is 0 Å². The number of amides is 1. The number of aryl methyl sites for hydroxylation is 2. The summed E-state index contributed by atoms with van der Waals surface area (Å²) in [5, 5.41) is 16.7. The summed E-state index contributed by atoms with van der Waals surface area (Å²) >= 11 is 0. The summed E-state index contributed by atoms with van der Waals surface area (Å²) in [6.45, 7) is 7.86. The molecule has 0 aliphatic rings. The Kier molecular flexibility index (Phi) is 5.54. The van der Waals surface area contributed by atoms with Crippen molar-refractivity contribution >= 4 is 5.91 Å². The van der Waals surface area contributed by atoms with E-state index in [1.807, 2.05) is 27.7 Å². The van der Waals surface area contributed by atoms with Crippen LogP contribution in [0.15, 0.2) is 4.52 Å². The van der Waals surface area contributed by atoms with Gasteiger partial charge in [-0.05, 0) is 33.1 Å². The van der Waals surface area contributed by atoms with Crippen LogP contribution >= 0.6 is 0 Å². The van der Waals surface area contributed by atoms with Crippen LogP contribution in [0.25, 0.3) is 0 Å². The number of aromatic nitrogens is 1. The smallest absolute Gasteiger partial charge is 0.220 e. The van der Waals surface area contributed by atoms with Gasteiger partial charge in [0, 0.05) is 18.5 Å². The van der Waals surface area contributed by atoms with Gasteiger partial charge in [-0.15, -0.1) is 0 Å². The number of aliphatic hydroxyl groups is 1. The minimum atomic E-state index is -0.793. The Morgan fingerprint density at radius 3 is 2.47 bits per heavy atom. The van der Waals surface area contributed by atoms with E-state index in [-0.39, 0.29) is 5.91 Å². The summed E-state index contributed by atoms with van der Waals surface area (Å²) in [6, 6.07) is 0. The van der Waals surface area contributed by atoms with Gasteiger partial charge in [0.05, 0.1) is 11.3 Å². The summed E-state index contributed by atoms with van der Waals surface area (Å²) in [5.74, 6) is 0.712. The van der Waals surface area contributed by atoms with Gasteiger partial charge in [0.15, 0.2) is 0 Å². The predicted molar refractivity (Wildman–Crippen MR) is 72.8 cm³/mol. The van der Waals surface area contributed by atoms with Gasteiger partial charge in [-0.2, -0.15) is 0 Å². The molecular weight excluding hydrogens is 244 g/mol. The van der Waals surface area contributed by atoms with E-state index in [2.05, 4.69) is 10.5 Å². The lowest BCUT2D eigenvalue weighted by molar-refractivity contribution is -0.122. The highest BCUT2D eigenvalue weighted by atomic mass is 16.5. The van der Waals surface area contributed by atoms with Gasteiger partial charge in [0.25, 0.3) is 0 Å². The van der Waals surface area contributed by atoms with Gasteiger partial charge in [-0.1, -0.05) is 19.0 Å². The topological polar surface area (TPSA) is 75.4 Å². The number of nitrogens with one attached hydrogen (secondary N) is 1. The molecule has 108 valence electrons. The lowest BCUT2D eigenvalue weighted by atomic mass is 9.97. The van der Waals surface area contributed by atoms with Gasteiger partial charge in [-0.25, -0.2) is 0 Å². The van der Waals surface area contributed by atoms with Gasteiger partial charge in [0.1, 0.15) is 5.76 Å². The second-order valence-electron chi connectivity index (χ2n) is 5.01. The molecule has 0 unspecified atom stereocenters. The van der Waals surface area contributed by atoms with Crippen molar-refractivity contribution in [1.29, 1.82) is 0 Å². The maximum atomic E-state index is 11.8. The molecule has 19 heavy (non-hydrogen) atoms. The molecule has 5 nitrogen and oxygen atoms in total. The molecule has 0 saturated heterocycles. The largest absolute Gasteiger partial charge is 0.388 e. The van der Waals surface area contributed by atoms with Crippen molar-refractivity contribution in [3.63, 3.8) is 0 Å². The van der Waals surface area contributed by atoms with E-state index in [1.54, 1.807) is 0 Å². The fraction of sp³-hybridized carbons (Fsp3) is 0.714. The molecule has 0 atom stereocenters. The third kappa shape index (κ3) is 4.35. The first-order valence-corrected chi connectivity index (χ1v) is 6.82. The number of hydrogen-bond acceptors (Lipinski definition) is 4. The Balaban J connectivity index is 2.41. The van der Waals surface area contributed by atoms with Gasteiger partial charge < -0.3 is 14.9 Å². The van der Waals surface area contributed by atoms with E-state index in [4.69, 9.17) is 4.52 Å². The number of nitrogens with zero attached hydrogens (tertiary/aromatic N) is 1. The van der Waals surface area contributed by atoms with Gasteiger partial charge in [0.2, 0.25) is 5.91 Å². The van der Waals surface area contributed by atoms with Crippen LogP contribution in [-0.4, -0.2) is 28.3 Å². The average molecular weight is 268 g/mol. The number of hydrogen-bond donors (Lipinski definition) is 2. The maximum absolute atomic E-state index is 11.8. The summed E-state index contributed by atoms with van der Waals surface area (Å²) < 4.78 is 5.05. The second-order valence-corrected chi connectivity index (χ2v) is 5.01. The molecule has 0 aliphatic carbocycles. The van der Waals surface area contributed by atoms with E-state index in [1.165, 1.54) is 0 Å². The molecule has 0 aliphatic heterocycles. The number of carbonyl (C=O) groups excluding carboxylic acids is 1. The van der Waals surface area contributed by atoms with Crippen molar-refractivity contribution in [2.75, 3.05) is 6.54 Å². The zero-order valence-electron chi connectivity index (χ0n) is 12.2. The van der Waals surface area contributed by atoms with Crippen LogP contribution in [0.3, 0.4) is 0 Å². The molecule has 0 aromatic carbocycles. The molecule has 1 aromatic rings. The molecule has 0 saturated carbocycles. The first-order chi connectivity index (χ1) is 8.91. The average Bonchev–Trinajstić information content (AvgIpc) is 2.73. The lowest BCUT2D eigenvalue weighted by Crippen LogP contribution is -2.42. The van der Waals surface area contributed by atoms with Gasteiger partial charge >= 0.3 is 0 Å². The van der Waals surface area contributed by atoms with Crippen LogP contribution in [0.5, 0.6) is 0 Å². The van der Waals surface area contributed by atoms with E-state index in [0.29, 0.717) is 32.2 Å². The van der Waals surface area contributed by atoms with Crippen molar-refractivity contribution in [3.8, 4) is 0 Å². The zero-order valence-corrected chi connectivity index (χ0v) is 12.2. The third-order valence-electron chi connectivity index (χ3n) is 3.71. The fourth-order valence-corrected chi connectivity index (χ4v) is 1.95. The first-order valence-electron chi connectivity index (χ1n) is 6.82. The Morgan fingerprint density at radius 2 is 2.00 bits per heavy atom. The standard InChI is InChI=1S/C14H24N2O3/c1-5-14(18,6-2)9-15-13(17)8-7-12-10(3)16-19-11(12)4/h18H,5-9H2,1-4H3,(H,15,17). The maximum Gasteiger partial charge on any atom is 0.220 e. The SMILES string of the molecule is CCC(O)(CC)CNC(=O)CCc1c(C)noc1C. The molecule has 1 aromatic heterocycles. The molecule has 0 fully saturated rings. The zero-order chi connectivity index (χ0) is 14.5. The van der Waals surface area contributed by atoms with E-state index < -0.39 is 5.60 Å². The lowest BCUT2D eigenvalue weighted by Gasteiger charge is -2.25. The van der Waals surface area contributed by atoms with Crippen LogP contribution in [-0.2, 0) is 11.2 Å². The summed E-state index contributed by atoms with van der Waals surface area (Å²) in [6.07, 6.45) is 2.26. The van der Waals surface area contributed by atoms with Crippen molar-refractivity contribution < 1.29 is 14.4 Å². The van der Waals surface area contributed by atoms with Crippen molar-refractivity contribution in [2.24, 2.45) is 0 Å². The molecule has 0 bridgehead atoms. The van der Waals surface area contributed by atoms with E-state index in [0.717, 1.165) is 17.0 Å². The molecule has 5 heteroatoms. The van der Waals surface area contributed by atoms with Crippen molar-refractivity contribution in [3.05, 3.63) is 17.0 Å². The van der Waals surface area contributed by atoms with E-state index in [9.17, 15) is 9.90 Å². The summed E-state index contributed by atoms with van der Waals surface area (Å²) in [7, 11) is 0. The normalized spacial score (nSPS) is 11.6. The number of carbonyl (C=O) groups is 1. The Morgan fingerprint density at radius 1 is 1.37 bits per heavy atom. The van der Waals surface area contributed by atoms with Crippen LogP contribution in [0.4, 0.5) is 0 Å². The number of rotatable bonds is 7. The molecular formula is C14H24N2O3. The summed E-state index contributed by atoms with van der Waals surface area (Å²) in [4.78, 5) is 11.8. The fourth-order valence-electron chi connectivity index (χ4n) is 1.95. The first kappa shape index (κ1) is 15.7. The molecule has 0 radical (unpaired) electrons. The van der Waals surface area contributed by atoms with Crippen LogP contribution in [0, 0.1) is 13.8 Å². The molecule has 1 amide bonds. The summed E-state index contributed by atoms with van der Waals surface area (Å²) in [5.41, 5.74) is 1.04. The van der Waals surface area contributed by atoms with Crippen LogP contribution in [0.2, 0.25) is 0 Å². The van der Waals surface area contributed by atoms with Crippen molar-refractivity contribution in [2.45, 2.75) is 59.0 Å². The minimum Gasteiger partial charge on any atom is -0.388 e. The van der Waals surface area contributed by atoms with Gasteiger partial charge in [-0.3, -0.25) is 4.79 Å². The molecule has 1 heterocycles. The molecule has 1 rings (SSSR count). The minimum absolute atomic E-state index is 0.0553. The van der Waals surface area contributed by atoms with Crippen LogP contribution in [0.1, 0.15) is 50.1 Å².